The van der Waals surface area contributed by atoms with Gasteiger partial charge in [-0.15, -0.1) is 0 Å². The molecule has 8 nitrogen and oxygen atoms in total. The van der Waals surface area contributed by atoms with Crippen molar-refractivity contribution in [3.05, 3.63) is 95.6 Å². The molecule has 0 radical (unpaired) electrons. The van der Waals surface area contributed by atoms with Crippen LogP contribution in [0.1, 0.15) is 58.2 Å². The quantitative estimate of drug-likeness (QED) is 0.235. The molecule has 0 fully saturated rings. The number of rotatable bonds is 6. The van der Waals surface area contributed by atoms with Crippen LogP contribution in [0.2, 0.25) is 0 Å². The van der Waals surface area contributed by atoms with E-state index in [9.17, 15) is 0 Å². The molecule has 0 amide bonds. The van der Waals surface area contributed by atoms with Crippen LogP contribution in [0, 0.1) is 0 Å². The Kier molecular flexibility index (Phi) is 6.84. The molecule has 3 aliphatic heterocycles. The van der Waals surface area contributed by atoms with E-state index in [1.165, 1.54) is 0 Å². The predicted octanol–water partition coefficient (Wildman–Crippen LogP) is 7.14. The van der Waals surface area contributed by atoms with E-state index in [4.69, 9.17) is 39.2 Å². The molecule has 0 spiro atoms. The zero-order valence-electron chi connectivity index (χ0n) is 26.6. The highest BCUT2D eigenvalue weighted by Gasteiger charge is 2.29. The lowest BCUT2D eigenvalue weighted by Crippen LogP contribution is -2.17. The third-order valence-corrected chi connectivity index (χ3v) is 7.80. The Balaban J connectivity index is 1.34. The highest BCUT2D eigenvalue weighted by atomic mass is 16.5. The van der Waals surface area contributed by atoms with E-state index < -0.39 is 0 Å². The lowest BCUT2D eigenvalue weighted by Gasteiger charge is -2.12. The minimum Gasteiger partial charge on any atom is -0.475 e. The highest BCUT2D eigenvalue weighted by molar-refractivity contribution is 5.98. The first-order chi connectivity index (χ1) is 21.4. The molecular weight excluding hydrogens is 562 g/mol. The zero-order valence-corrected chi connectivity index (χ0v) is 26.6. The topological polar surface area (TPSA) is 90.5 Å². The normalized spacial score (nSPS) is 19.2. The fraction of sp³-hybridized carbons (Fsp3) is 0.324. The van der Waals surface area contributed by atoms with Crippen LogP contribution in [0.15, 0.2) is 93.8 Å². The predicted molar refractivity (Wildman–Crippen MR) is 178 cm³/mol. The Morgan fingerprint density at radius 2 is 0.778 bits per heavy atom. The maximum absolute atomic E-state index is 5.96. The van der Waals surface area contributed by atoms with E-state index in [1.54, 1.807) is 0 Å². The first kappa shape index (κ1) is 28.9. The molecule has 3 aliphatic rings. The van der Waals surface area contributed by atoms with Gasteiger partial charge < -0.3 is 14.2 Å². The molecule has 0 saturated carbocycles. The Morgan fingerprint density at radius 3 is 1.13 bits per heavy atom. The molecular formula is C37H37N5O3. The van der Waals surface area contributed by atoms with E-state index in [0.717, 1.165) is 44.8 Å². The van der Waals surface area contributed by atoms with Gasteiger partial charge in [0, 0.05) is 33.4 Å². The van der Waals surface area contributed by atoms with Crippen molar-refractivity contribution in [3.63, 3.8) is 0 Å². The minimum absolute atomic E-state index is 0.248. The molecule has 4 heterocycles. The summed E-state index contributed by atoms with van der Waals surface area (Å²) in [5.41, 5.74) is 6.31. The van der Waals surface area contributed by atoms with Crippen molar-refractivity contribution >= 4 is 17.7 Å². The molecule has 0 saturated heterocycles. The lowest BCUT2D eigenvalue weighted by molar-refractivity contribution is 0.279. The lowest BCUT2D eigenvalue weighted by atomic mass is 10.0. The average Bonchev–Trinajstić information content (AvgIpc) is 3.71. The van der Waals surface area contributed by atoms with Crippen molar-refractivity contribution in [1.82, 2.24) is 9.97 Å². The SMILES string of the molecule is CC1(C)COC(c2cccc(-c3cc(-c4cccc(C5=NC(C)(C)CO5)c4)nc(-c4cccc(C5=NC(C)(C)CO5)c4)n3)c2)=N1. The zero-order chi connectivity index (χ0) is 31.4. The second-order valence-corrected chi connectivity index (χ2v) is 13.8. The first-order valence-electron chi connectivity index (χ1n) is 15.3. The Bertz CT molecular complexity index is 1670. The molecule has 0 unspecified atom stereocenters. The smallest absolute Gasteiger partial charge is 0.216 e. The molecule has 7 rings (SSSR count). The Hall–Kier alpha value is -4.85. The Morgan fingerprint density at radius 1 is 0.444 bits per heavy atom. The van der Waals surface area contributed by atoms with E-state index >= 15 is 0 Å². The van der Waals surface area contributed by atoms with Crippen LogP contribution in [-0.2, 0) is 14.2 Å². The van der Waals surface area contributed by atoms with Gasteiger partial charge in [-0.25, -0.2) is 24.9 Å². The van der Waals surface area contributed by atoms with Gasteiger partial charge in [0.15, 0.2) is 5.82 Å². The summed E-state index contributed by atoms with van der Waals surface area (Å²) in [6, 6.07) is 26.4. The maximum Gasteiger partial charge on any atom is 0.216 e. The van der Waals surface area contributed by atoms with E-state index in [1.807, 2.05) is 54.6 Å². The Labute approximate surface area is 264 Å². The van der Waals surface area contributed by atoms with E-state index in [2.05, 4.69) is 65.8 Å². The molecule has 8 heteroatoms. The number of nitrogens with zero attached hydrogens (tertiary/aromatic N) is 5. The third kappa shape index (κ3) is 6.10. The average molecular weight is 600 g/mol. The first-order valence-corrected chi connectivity index (χ1v) is 15.3. The summed E-state index contributed by atoms with van der Waals surface area (Å²) in [6.07, 6.45) is 0. The number of aromatic nitrogens is 2. The van der Waals surface area contributed by atoms with Crippen LogP contribution in [-0.4, -0.2) is 64.1 Å². The summed E-state index contributed by atoms with van der Waals surface area (Å²) in [7, 11) is 0. The van der Waals surface area contributed by atoms with Crippen molar-refractivity contribution in [3.8, 4) is 33.9 Å². The van der Waals surface area contributed by atoms with Crippen LogP contribution in [0.4, 0.5) is 0 Å². The number of aliphatic imine (C=N–C) groups is 3. The molecule has 4 aromatic rings. The molecule has 1 aromatic heterocycles. The van der Waals surface area contributed by atoms with Crippen LogP contribution < -0.4 is 0 Å². The third-order valence-electron chi connectivity index (χ3n) is 7.80. The largest absolute Gasteiger partial charge is 0.475 e. The second kappa shape index (κ2) is 10.6. The number of hydrogen-bond acceptors (Lipinski definition) is 8. The van der Waals surface area contributed by atoms with Gasteiger partial charge in [0.25, 0.3) is 0 Å². The van der Waals surface area contributed by atoms with Gasteiger partial charge in [-0.3, -0.25) is 0 Å². The van der Waals surface area contributed by atoms with Crippen molar-refractivity contribution in [2.75, 3.05) is 19.8 Å². The van der Waals surface area contributed by atoms with E-state index in [0.29, 0.717) is 43.3 Å². The van der Waals surface area contributed by atoms with Crippen LogP contribution >= 0.6 is 0 Å². The van der Waals surface area contributed by atoms with Crippen molar-refractivity contribution in [2.24, 2.45) is 15.0 Å². The van der Waals surface area contributed by atoms with Crippen LogP contribution in [0.3, 0.4) is 0 Å². The van der Waals surface area contributed by atoms with Crippen molar-refractivity contribution in [2.45, 2.75) is 58.2 Å². The molecule has 0 atom stereocenters. The molecule has 3 aromatic carbocycles. The summed E-state index contributed by atoms with van der Waals surface area (Å²) in [4.78, 5) is 24.5. The van der Waals surface area contributed by atoms with Crippen LogP contribution in [0.25, 0.3) is 33.9 Å². The molecule has 0 aliphatic carbocycles. The van der Waals surface area contributed by atoms with Gasteiger partial charge in [-0.2, -0.15) is 0 Å². The number of hydrogen-bond donors (Lipinski definition) is 0. The molecule has 228 valence electrons. The minimum atomic E-state index is -0.254. The van der Waals surface area contributed by atoms with E-state index in [-0.39, 0.29) is 16.6 Å². The highest BCUT2D eigenvalue weighted by Crippen LogP contribution is 2.31. The fourth-order valence-electron chi connectivity index (χ4n) is 5.48. The maximum atomic E-state index is 5.96. The van der Waals surface area contributed by atoms with Crippen LogP contribution in [0.5, 0.6) is 0 Å². The summed E-state index contributed by atoms with van der Waals surface area (Å²) in [5.74, 6) is 2.54. The monoisotopic (exact) mass is 599 g/mol. The van der Waals surface area contributed by atoms with Crippen molar-refractivity contribution < 1.29 is 14.2 Å². The van der Waals surface area contributed by atoms with Gasteiger partial charge in [0.05, 0.1) is 28.0 Å². The fourth-order valence-corrected chi connectivity index (χ4v) is 5.48. The summed E-state index contributed by atoms with van der Waals surface area (Å²) >= 11 is 0. The summed E-state index contributed by atoms with van der Waals surface area (Å²) in [6.45, 7) is 14.1. The summed E-state index contributed by atoms with van der Waals surface area (Å²) in [5, 5.41) is 0. The van der Waals surface area contributed by atoms with Gasteiger partial charge in [-0.1, -0.05) is 36.4 Å². The molecule has 0 bridgehead atoms. The molecule has 0 N–H and O–H groups in total. The molecule has 45 heavy (non-hydrogen) atoms. The summed E-state index contributed by atoms with van der Waals surface area (Å²) < 4.78 is 17.9. The standard InChI is InChI=1S/C37H37N5O3/c1-35(2)20-43-32(40-35)26-13-7-10-23(16-26)29-19-30(24-11-8-14-27(17-24)33-41-36(3,4)21-44-33)39-31(38-29)25-12-9-15-28(18-25)34-42-37(5,6)22-45-34/h7-19H,20-22H2,1-6H3. The number of ether oxygens (including phenoxy) is 3. The van der Waals surface area contributed by atoms with Gasteiger partial charge >= 0.3 is 0 Å². The van der Waals surface area contributed by atoms with Gasteiger partial charge in [-0.05, 0) is 84.0 Å². The number of benzene rings is 3. The van der Waals surface area contributed by atoms with Gasteiger partial charge in [0.1, 0.15) is 19.8 Å². The second-order valence-electron chi connectivity index (χ2n) is 13.8. The van der Waals surface area contributed by atoms with Crippen molar-refractivity contribution in [1.29, 1.82) is 0 Å². The van der Waals surface area contributed by atoms with Gasteiger partial charge in [0.2, 0.25) is 17.7 Å².